The number of nitrogens with two attached hydrogens (primary N) is 1. The molecule has 46 heavy (non-hydrogen) atoms. The number of phenolic OH excluding ortho intramolecular Hbond substituents is 1. The Kier molecular flexibility index (Phi) is 12.6. The lowest BCUT2D eigenvalue weighted by molar-refractivity contribution is -0.137. The van der Waals surface area contributed by atoms with E-state index >= 15 is 4.39 Å². The van der Waals surface area contributed by atoms with Crippen molar-refractivity contribution in [1.82, 2.24) is 30.0 Å². The topological polar surface area (TPSA) is 139 Å². The smallest absolute Gasteiger partial charge is 0.245 e. The number of phenols is 1. The van der Waals surface area contributed by atoms with Crippen LogP contribution in [-0.2, 0) is 27.3 Å². The highest BCUT2D eigenvalue weighted by Gasteiger charge is 2.36. The Labute approximate surface area is 270 Å². The second-order valence-electron chi connectivity index (χ2n) is 12.3. The van der Waals surface area contributed by atoms with Crippen molar-refractivity contribution in [2.75, 3.05) is 64.8 Å². The van der Waals surface area contributed by atoms with Crippen LogP contribution in [0.1, 0.15) is 30.5 Å². The predicted octanol–water partition coefficient (Wildman–Crippen LogP) is 1.15. The third-order valence-corrected chi connectivity index (χ3v) is 8.69. The number of aldehydes is 1. The van der Waals surface area contributed by atoms with Gasteiger partial charge in [0.15, 0.2) is 11.6 Å². The Hall–Kier alpha value is -3.91. The molecule has 2 aromatic rings. The van der Waals surface area contributed by atoms with Crippen LogP contribution in [0, 0.1) is 5.82 Å². The number of amides is 2. The van der Waals surface area contributed by atoms with Crippen molar-refractivity contribution >= 4 is 23.9 Å². The number of rotatable bonds is 16. The monoisotopic (exact) mass is 638 g/mol. The van der Waals surface area contributed by atoms with Crippen molar-refractivity contribution in [3.8, 4) is 5.75 Å². The molecule has 1 atom stereocenters. The lowest BCUT2D eigenvalue weighted by Crippen LogP contribution is -2.62. The second-order valence-corrected chi connectivity index (χ2v) is 12.3. The highest BCUT2D eigenvalue weighted by atomic mass is 19.1. The van der Waals surface area contributed by atoms with Crippen LogP contribution < -0.4 is 16.1 Å². The van der Waals surface area contributed by atoms with Gasteiger partial charge in [0.05, 0.1) is 18.8 Å². The molecule has 4 N–H and O–H groups in total. The van der Waals surface area contributed by atoms with E-state index in [4.69, 9.17) is 5.84 Å². The van der Waals surface area contributed by atoms with Crippen LogP contribution in [0.15, 0.2) is 49.1 Å². The number of aromatic hydroxyl groups is 1. The summed E-state index contributed by atoms with van der Waals surface area (Å²) < 4.78 is 15.0. The van der Waals surface area contributed by atoms with Gasteiger partial charge < -0.3 is 29.9 Å². The lowest BCUT2D eigenvalue weighted by atomic mass is 9.99. The van der Waals surface area contributed by atoms with Crippen LogP contribution in [0.2, 0.25) is 0 Å². The normalized spacial score (nSPS) is 16.7. The van der Waals surface area contributed by atoms with Crippen LogP contribution in [0.5, 0.6) is 5.75 Å². The van der Waals surface area contributed by atoms with Crippen LogP contribution in [0.4, 0.5) is 10.2 Å². The molecule has 4 rings (SSSR count). The molecule has 2 aliphatic heterocycles. The molecular weight excluding hydrogens is 591 g/mol. The third-order valence-electron chi connectivity index (χ3n) is 8.69. The lowest BCUT2D eigenvalue weighted by Gasteiger charge is -2.48. The van der Waals surface area contributed by atoms with Crippen molar-refractivity contribution in [1.29, 1.82) is 0 Å². The molecule has 2 saturated heterocycles. The van der Waals surface area contributed by atoms with E-state index in [2.05, 4.69) is 40.8 Å². The van der Waals surface area contributed by atoms with Crippen LogP contribution in [0.25, 0.3) is 0 Å². The Balaban J connectivity index is 1.46. The van der Waals surface area contributed by atoms with Gasteiger partial charge in [-0.3, -0.25) is 20.3 Å². The number of hydrazine groups is 1. The fourth-order valence-corrected chi connectivity index (χ4v) is 6.02. The Morgan fingerprint density at radius 2 is 1.87 bits per heavy atom. The zero-order valence-electron chi connectivity index (χ0n) is 26.9. The number of hydrogen-bond acceptors (Lipinski definition) is 10. The molecular formula is C33H47FN8O4. The minimum atomic E-state index is -0.992. The standard InChI is InChI=1S/C33H47FN8O4/c1-4-14-42(35)23-31(45)37-30(19-24-6-9-28(44)10-7-24)33(46)40(15-5-18-43)20-25-8-11-29(34)32(36-25)41-21-27(22-41)39-16-12-26(13-17-39)38(2)3/h4,6-11,18,26-27,30,44H,1,5,12-17,19-23,35H2,2-3H3,(H,37,45)/t30-/m0/s1. The van der Waals surface area contributed by atoms with Crippen LogP contribution in [-0.4, -0.2) is 126 Å². The number of pyridine rings is 1. The number of carbonyl (C=O) groups is 3. The number of piperidine rings is 1. The minimum absolute atomic E-state index is 0.0245. The molecule has 0 bridgehead atoms. The fourth-order valence-electron chi connectivity index (χ4n) is 6.02. The fraction of sp³-hybridized carbons (Fsp3) is 0.515. The van der Waals surface area contributed by atoms with Gasteiger partial charge in [0.2, 0.25) is 11.8 Å². The molecule has 3 heterocycles. The van der Waals surface area contributed by atoms with E-state index in [1.807, 2.05) is 4.90 Å². The summed E-state index contributed by atoms with van der Waals surface area (Å²) in [6.07, 6.45) is 4.73. The number of benzene rings is 1. The van der Waals surface area contributed by atoms with Gasteiger partial charge in [-0.15, -0.1) is 6.58 Å². The average Bonchev–Trinajstić information content (AvgIpc) is 3.00. The number of nitrogens with zero attached hydrogens (tertiary/aromatic N) is 6. The van der Waals surface area contributed by atoms with E-state index in [0.717, 1.165) is 32.2 Å². The first-order chi connectivity index (χ1) is 22.1. The quantitative estimate of drug-likeness (QED) is 0.106. The Bertz CT molecular complexity index is 1330. The maximum Gasteiger partial charge on any atom is 0.245 e. The van der Waals surface area contributed by atoms with Gasteiger partial charge in [0.25, 0.3) is 0 Å². The summed E-state index contributed by atoms with van der Waals surface area (Å²) >= 11 is 0. The predicted molar refractivity (Wildman–Crippen MR) is 174 cm³/mol. The Morgan fingerprint density at radius 3 is 2.50 bits per heavy atom. The van der Waals surface area contributed by atoms with Crippen molar-refractivity contribution in [3.05, 3.63) is 66.1 Å². The molecule has 0 spiro atoms. The van der Waals surface area contributed by atoms with Gasteiger partial charge >= 0.3 is 0 Å². The summed E-state index contributed by atoms with van der Waals surface area (Å²) in [5, 5.41) is 13.8. The molecule has 2 amide bonds. The van der Waals surface area contributed by atoms with E-state index in [9.17, 15) is 19.5 Å². The van der Waals surface area contributed by atoms with E-state index < -0.39 is 23.7 Å². The highest BCUT2D eigenvalue weighted by Crippen LogP contribution is 2.28. The summed E-state index contributed by atoms with van der Waals surface area (Å²) in [6, 6.07) is 9.20. The number of nitrogens with one attached hydrogen (secondary N) is 1. The average molecular weight is 639 g/mol. The van der Waals surface area contributed by atoms with E-state index in [0.29, 0.717) is 36.4 Å². The summed E-state index contributed by atoms with van der Waals surface area (Å²) in [6.45, 7) is 7.25. The molecule has 12 nitrogen and oxygen atoms in total. The first kappa shape index (κ1) is 35.0. The molecule has 0 radical (unpaired) electrons. The van der Waals surface area contributed by atoms with Crippen molar-refractivity contribution in [3.63, 3.8) is 0 Å². The largest absolute Gasteiger partial charge is 0.508 e. The first-order valence-corrected chi connectivity index (χ1v) is 15.8. The summed E-state index contributed by atoms with van der Waals surface area (Å²) in [5.74, 6) is 4.87. The van der Waals surface area contributed by atoms with Gasteiger partial charge in [-0.05, 0) is 56.8 Å². The summed E-state index contributed by atoms with van der Waals surface area (Å²) in [5.41, 5.74) is 1.18. The van der Waals surface area contributed by atoms with Gasteiger partial charge in [-0.1, -0.05) is 18.2 Å². The number of hydrogen-bond donors (Lipinski definition) is 3. The maximum atomic E-state index is 15.0. The molecule has 2 aliphatic rings. The zero-order chi connectivity index (χ0) is 33.2. The van der Waals surface area contributed by atoms with Crippen molar-refractivity contribution in [2.45, 2.75) is 50.4 Å². The van der Waals surface area contributed by atoms with E-state index in [1.165, 1.54) is 28.1 Å². The van der Waals surface area contributed by atoms with Gasteiger partial charge in [0, 0.05) is 64.2 Å². The number of likely N-dealkylation sites (tertiary alicyclic amines) is 1. The molecule has 0 saturated carbocycles. The molecule has 2 fully saturated rings. The molecule has 0 aliphatic carbocycles. The van der Waals surface area contributed by atoms with Crippen LogP contribution >= 0.6 is 0 Å². The Morgan fingerprint density at radius 1 is 1.17 bits per heavy atom. The van der Waals surface area contributed by atoms with E-state index in [-0.39, 0.29) is 50.6 Å². The molecule has 0 unspecified atom stereocenters. The summed E-state index contributed by atoms with van der Waals surface area (Å²) in [7, 11) is 4.23. The number of carbonyl (C=O) groups excluding carboxylic acids is 3. The van der Waals surface area contributed by atoms with Gasteiger partial charge in [0.1, 0.15) is 18.1 Å². The summed E-state index contributed by atoms with van der Waals surface area (Å²) in [4.78, 5) is 50.9. The highest BCUT2D eigenvalue weighted by molar-refractivity contribution is 5.88. The number of aromatic nitrogens is 1. The molecule has 250 valence electrons. The van der Waals surface area contributed by atoms with Crippen molar-refractivity contribution < 1.29 is 23.9 Å². The van der Waals surface area contributed by atoms with Gasteiger partial charge in [-0.25, -0.2) is 14.4 Å². The molecule has 1 aromatic carbocycles. The SMILES string of the molecule is C=CCN(N)CC(=O)N[C@@H](Cc1ccc(O)cc1)C(=O)N(CCC=O)Cc1ccc(F)c(N2CC(N3CCC(N(C)C)CC3)C2)n1. The van der Waals surface area contributed by atoms with Crippen LogP contribution in [0.3, 0.4) is 0 Å². The van der Waals surface area contributed by atoms with E-state index in [1.54, 1.807) is 24.3 Å². The van der Waals surface area contributed by atoms with Gasteiger partial charge in [-0.2, -0.15) is 0 Å². The minimum Gasteiger partial charge on any atom is -0.508 e. The maximum absolute atomic E-state index is 15.0. The number of anilines is 1. The second kappa shape index (κ2) is 16.6. The molecule has 13 heteroatoms. The van der Waals surface area contributed by atoms with Crippen molar-refractivity contribution in [2.24, 2.45) is 5.84 Å². The zero-order valence-corrected chi connectivity index (χ0v) is 26.9. The number of halogens is 1. The first-order valence-electron chi connectivity index (χ1n) is 15.8. The molecule has 1 aromatic heterocycles. The third kappa shape index (κ3) is 9.55.